The zero-order chi connectivity index (χ0) is 23.8. The van der Waals surface area contributed by atoms with Gasteiger partial charge in [0.05, 0.1) is 0 Å². The maximum atomic E-state index is 12.8. The number of urea groups is 1. The molecular weight excluding hydrogens is 420 g/mol. The molecule has 1 unspecified atom stereocenters. The van der Waals surface area contributed by atoms with Gasteiger partial charge in [0.15, 0.2) is 0 Å². The minimum absolute atomic E-state index is 0.0690. The predicted molar refractivity (Wildman–Crippen MR) is 139 cm³/mol. The fraction of sp³-hybridized carbons (Fsp3) is 0.483. The van der Waals surface area contributed by atoms with Gasteiger partial charge in [-0.05, 0) is 69.3 Å². The number of fused-ring (bicyclic) bond motifs is 2. The van der Waals surface area contributed by atoms with E-state index in [-0.39, 0.29) is 12.1 Å². The zero-order valence-corrected chi connectivity index (χ0v) is 21.1. The van der Waals surface area contributed by atoms with E-state index in [2.05, 4.69) is 77.4 Å². The largest absolute Gasteiger partial charge is 0.347 e. The summed E-state index contributed by atoms with van der Waals surface area (Å²) in [6, 6.07) is 18.4. The van der Waals surface area contributed by atoms with Crippen molar-refractivity contribution in [1.82, 2.24) is 19.7 Å². The van der Waals surface area contributed by atoms with Gasteiger partial charge in [-0.1, -0.05) is 42.5 Å². The third-order valence-corrected chi connectivity index (χ3v) is 8.25. The SMILES string of the molecule is CCN(CC)C(=O)N[C@H]1CC2c3cccc4c3c(c(CCc3ccccc3)n4C)C[C@H]2N(C)C1. The minimum atomic E-state index is 0.0690. The summed E-state index contributed by atoms with van der Waals surface area (Å²) in [6.07, 6.45) is 4.23. The van der Waals surface area contributed by atoms with Gasteiger partial charge in [-0.2, -0.15) is 0 Å². The van der Waals surface area contributed by atoms with Crippen LogP contribution in [0.25, 0.3) is 10.9 Å². The van der Waals surface area contributed by atoms with Gasteiger partial charge in [0.2, 0.25) is 0 Å². The quantitative estimate of drug-likeness (QED) is 0.580. The highest BCUT2D eigenvalue weighted by atomic mass is 16.2. The summed E-state index contributed by atoms with van der Waals surface area (Å²) in [5, 5.41) is 4.81. The van der Waals surface area contributed by atoms with Crippen LogP contribution in [0, 0.1) is 0 Å². The van der Waals surface area contributed by atoms with Crippen molar-refractivity contribution in [3.05, 3.63) is 70.9 Å². The van der Waals surface area contributed by atoms with Crippen molar-refractivity contribution in [3.8, 4) is 0 Å². The Kier molecular flexibility index (Phi) is 6.39. The topological polar surface area (TPSA) is 40.5 Å². The molecule has 1 aliphatic heterocycles. The first-order valence-corrected chi connectivity index (χ1v) is 12.9. The average molecular weight is 459 g/mol. The lowest BCUT2D eigenvalue weighted by Gasteiger charge is -2.46. The number of aryl methyl sites for hydroxylation is 2. The Morgan fingerprint density at radius 3 is 2.53 bits per heavy atom. The van der Waals surface area contributed by atoms with E-state index in [9.17, 15) is 4.79 Å². The molecule has 5 heteroatoms. The first-order valence-electron chi connectivity index (χ1n) is 12.9. The molecule has 2 aromatic carbocycles. The summed E-state index contributed by atoms with van der Waals surface area (Å²) in [5.74, 6) is 0.446. The lowest BCUT2D eigenvalue weighted by Crippen LogP contribution is -2.56. The molecule has 2 aliphatic rings. The second-order valence-corrected chi connectivity index (χ2v) is 10.1. The van der Waals surface area contributed by atoms with Crippen LogP contribution in [-0.4, -0.2) is 59.2 Å². The molecule has 0 bridgehead atoms. The van der Waals surface area contributed by atoms with Gasteiger partial charge < -0.3 is 19.7 Å². The molecule has 5 rings (SSSR count). The number of hydrogen-bond donors (Lipinski definition) is 1. The number of carbonyl (C=O) groups is 1. The molecular formula is C29H38N4O. The van der Waals surface area contributed by atoms with E-state index >= 15 is 0 Å². The third-order valence-electron chi connectivity index (χ3n) is 8.25. The number of nitrogens with zero attached hydrogens (tertiary/aromatic N) is 3. The van der Waals surface area contributed by atoms with Crippen LogP contribution in [0.5, 0.6) is 0 Å². The molecule has 1 aliphatic carbocycles. The fourth-order valence-corrected chi connectivity index (χ4v) is 6.46. The Morgan fingerprint density at radius 2 is 1.79 bits per heavy atom. The number of likely N-dealkylation sites (tertiary alicyclic amines) is 1. The van der Waals surface area contributed by atoms with Crippen molar-refractivity contribution in [2.24, 2.45) is 7.05 Å². The van der Waals surface area contributed by atoms with E-state index < -0.39 is 0 Å². The van der Waals surface area contributed by atoms with Crippen molar-refractivity contribution >= 4 is 16.9 Å². The number of hydrogen-bond acceptors (Lipinski definition) is 2. The van der Waals surface area contributed by atoms with Crippen LogP contribution in [-0.2, 0) is 26.3 Å². The molecule has 180 valence electrons. The van der Waals surface area contributed by atoms with Crippen LogP contribution in [0.3, 0.4) is 0 Å². The van der Waals surface area contributed by atoms with E-state index in [4.69, 9.17) is 0 Å². The molecule has 1 N–H and O–H groups in total. The standard InChI is InChI=1S/C29H38N4O/c1-5-33(6-2)29(34)30-21-17-23-22-13-10-14-26-28(22)24(18-27(23)31(3)19-21)25(32(26)4)16-15-20-11-8-7-9-12-20/h7-14,21,23,27H,5-6,15-19H2,1-4H3,(H,30,34)/t21-,23?,27+/m0/s1. The molecule has 1 aromatic heterocycles. The average Bonchev–Trinajstić information content (AvgIpc) is 3.12. The van der Waals surface area contributed by atoms with Gasteiger partial charge in [-0.25, -0.2) is 4.79 Å². The lowest BCUT2D eigenvalue weighted by molar-refractivity contribution is 0.124. The fourth-order valence-electron chi connectivity index (χ4n) is 6.46. The molecule has 0 radical (unpaired) electrons. The summed E-state index contributed by atoms with van der Waals surface area (Å²) in [6.45, 7) is 6.48. The molecule has 34 heavy (non-hydrogen) atoms. The number of rotatable bonds is 6. The first-order chi connectivity index (χ1) is 16.5. The van der Waals surface area contributed by atoms with Crippen LogP contribution < -0.4 is 5.32 Å². The molecule has 5 nitrogen and oxygen atoms in total. The first kappa shape index (κ1) is 23.0. The van der Waals surface area contributed by atoms with Crippen molar-refractivity contribution < 1.29 is 4.79 Å². The smallest absolute Gasteiger partial charge is 0.317 e. The van der Waals surface area contributed by atoms with Gasteiger partial charge in [0.1, 0.15) is 0 Å². The monoisotopic (exact) mass is 458 g/mol. The Hall–Kier alpha value is -2.79. The maximum absolute atomic E-state index is 12.8. The normalized spacial score (nSPS) is 21.9. The highest BCUT2D eigenvalue weighted by molar-refractivity contribution is 5.90. The number of nitrogens with one attached hydrogen (secondary N) is 1. The molecule has 0 saturated carbocycles. The molecule has 0 spiro atoms. The van der Waals surface area contributed by atoms with Crippen LogP contribution in [0.15, 0.2) is 48.5 Å². The minimum Gasteiger partial charge on any atom is -0.347 e. The highest BCUT2D eigenvalue weighted by Crippen LogP contribution is 2.45. The zero-order valence-electron chi connectivity index (χ0n) is 21.1. The van der Waals surface area contributed by atoms with Crippen LogP contribution in [0.2, 0.25) is 0 Å². The van der Waals surface area contributed by atoms with E-state index in [1.807, 2.05) is 18.7 Å². The molecule has 3 aromatic rings. The number of benzene rings is 2. The Bertz CT molecular complexity index is 1160. The second kappa shape index (κ2) is 9.46. The second-order valence-electron chi connectivity index (χ2n) is 10.1. The van der Waals surface area contributed by atoms with E-state index in [0.29, 0.717) is 12.0 Å². The van der Waals surface area contributed by atoms with Gasteiger partial charge in [0.25, 0.3) is 0 Å². The van der Waals surface area contributed by atoms with Gasteiger partial charge >= 0.3 is 6.03 Å². The van der Waals surface area contributed by atoms with Gasteiger partial charge in [0, 0.05) is 61.3 Å². The van der Waals surface area contributed by atoms with Gasteiger partial charge in [-0.15, -0.1) is 0 Å². The van der Waals surface area contributed by atoms with E-state index in [1.165, 1.54) is 27.7 Å². The molecule has 2 heterocycles. The number of likely N-dealkylation sites (N-methyl/N-ethyl adjacent to an activating group) is 1. The molecule has 1 saturated heterocycles. The summed E-state index contributed by atoms with van der Waals surface area (Å²) in [5.41, 5.74) is 7.25. The molecule has 3 atom stereocenters. The number of carbonyl (C=O) groups excluding carboxylic acids is 1. The van der Waals surface area contributed by atoms with Crippen molar-refractivity contribution in [1.29, 1.82) is 0 Å². The Balaban J connectivity index is 1.45. The number of piperidine rings is 1. The van der Waals surface area contributed by atoms with Crippen LogP contribution in [0.4, 0.5) is 4.79 Å². The summed E-state index contributed by atoms with van der Waals surface area (Å²) >= 11 is 0. The summed E-state index contributed by atoms with van der Waals surface area (Å²) in [7, 11) is 4.48. The van der Waals surface area contributed by atoms with E-state index in [1.54, 1.807) is 5.56 Å². The summed E-state index contributed by atoms with van der Waals surface area (Å²) in [4.78, 5) is 17.1. The van der Waals surface area contributed by atoms with Gasteiger partial charge in [-0.3, -0.25) is 0 Å². The van der Waals surface area contributed by atoms with Crippen molar-refractivity contribution in [3.63, 3.8) is 0 Å². The van der Waals surface area contributed by atoms with Crippen molar-refractivity contribution in [2.75, 3.05) is 26.7 Å². The van der Waals surface area contributed by atoms with Crippen LogP contribution >= 0.6 is 0 Å². The number of aromatic nitrogens is 1. The Morgan fingerprint density at radius 1 is 1.03 bits per heavy atom. The predicted octanol–water partition coefficient (Wildman–Crippen LogP) is 4.73. The Labute approximate surface area is 203 Å². The van der Waals surface area contributed by atoms with Crippen LogP contribution in [0.1, 0.15) is 48.6 Å². The lowest BCUT2D eigenvalue weighted by atomic mass is 9.73. The number of amides is 2. The maximum Gasteiger partial charge on any atom is 0.317 e. The summed E-state index contributed by atoms with van der Waals surface area (Å²) < 4.78 is 2.44. The third kappa shape index (κ3) is 4.00. The van der Waals surface area contributed by atoms with Crippen molar-refractivity contribution in [2.45, 2.75) is 57.5 Å². The molecule has 1 fully saturated rings. The highest BCUT2D eigenvalue weighted by Gasteiger charge is 2.41. The van der Waals surface area contributed by atoms with E-state index in [0.717, 1.165) is 45.3 Å². The molecule has 2 amide bonds.